The number of aromatic hydroxyl groups is 1. The van der Waals surface area contributed by atoms with Crippen LogP contribution in [0.15, 0.2) is 36.5 Å². The number of phenols is 1. The Morgan fingerprint density at radius 3 is 2.85 bits per heavy atom. The molecule has 1 aromatic heterocycles. The van der Waals surface area contributed by atoms with E-state index >= 15 is 0 Å². The summed E-state index contributed by atoms with van der Waals surface area (Å²) in [5, 5.41) is 12.2. The number of aromatic nitrogens is 1. The number of ether oxygens (including phenoxy) is 1. The van der Waals surface area contributed by atoms with Gasteiger partial charge in [-0.2, -0.15) is 0 Å². The third-order valence-corrected chi connectivity index (χ3v) is 2.57. The summed E-state index contributed by atoms with van der Waals surface area (Å²) in [6.07, 6.45) is 1.43. The molecule has 1 aromatic carbocycles. The first-order valence-corrected chi connectivity index (χ1v) is 6.05. The molecule has 1 heterocycles. The molecule has 0 unspecified atom stereocenters. The maximum Gasteiger partial charge on any atom is 0.263 e. The molecule has 4 N–H and O–H groups in total. The van der Waals surface area contributed by atoms with E-state index in [1.165, 1.54) is 24.4 Å². The number of phenolic OH excluding ortho intramolecular Hbond substituents is 1. The first-order chi connectivity index (χ1) is 9.54. The van der Waals surface area contributed by atoms with Gasteiger partial charge in [0.25, 0.3) is 5.91 Å². The van der Waals surface area contributed by atoms with Crippen LogP contribution in [0.25, 0.3) is 0 Å². The largest absolute Gasteiger partial charge is 0.508 e. The molecular formula is C13H12ClN3O3. The number of pyridine rings is 1. The highest BCUT2D eigenvalue weighted by molar-refractivity contribution is 6.30. The summed E-state index contributed by atoms with van der Waals surface area (Å²) in [4.78, 5) is 15.6. The highest BCUT2D eigenvalue weighted by Crippen LogP contribution is 2.25. The topological polar surface area (TPSA) is 97.5 Å². The van der Waals surface area contributed by atoms with Gasteiger partial charge in [0, 0.05) is 12.3 Å². The van der Waals surface area contributed by atoms with Crippen LogP contribution in [-0.2, 0) is 4.79 Å². The van der Waals surface area contributed by atoms with Crippen LogP contribution in [0, 0.1) is 0 Å². The summed E-state index contributed by atoms with van der Waals surface area (Å²) >= 11 is 5.69. The molecular weight excluding hydrogens is 282 g/mol. The van der Waals surface area contributed by atoms with Gasteiger partial charge >= 0.3 is 0 Å². The van der Waals surface area contributed by atoms with Gasteiger partial charge < -0.3 is 20.9 Å². The normalized spacial score (nSPS) is 10.1. The molecule has 0 bridgehead atoms. The van der Waals surface area contributed by atoms with Crippen molar-refractivity contribution < 1.29 is 14.6 Å². The molecule has 2 aromatic rings. The Morgan fingerprint density at radius 1 is 1.40 bits per heavy atom. The molecule has 20 heavy (non-hydrogen) atoms. The van der Waals surface area contributed by atoms with E-state index in [0.717, 1.165) is 0 Å². The number of nitrogens with one attached hydrogen (secondary N) is 1. The van der Waals surface area contributed by atoms with Gasteiger partial charge in [-0.3, -0.25) is 4.79 Å². The van der Waals surface area contributed by atoms with Crippen LogP contribution in [-0.4, -0.2) is 22.6 Å². The zero-order chi connectivity index (χ0) is 14.5. The average molecular weight is 294 g/mol. The Hall–Kier alpha value is -2.47. The van der Waals surface area contributed by atoms with E-state index in [1.54, 1.807) is 12.1 Å². The maximum absolute atomic E-state index is 11.6. The third kappa shape index (κ3) is 3.76. The van der Waals surface area contributed by atoms with Crippen molar-refractivity contribution in [1.29, 1.82) is 0 Å². The standard InChI is InChI=1S/C13H12ClN3O3/c14-8-1-4-12(16-6-8)17-13(19)7-20-11-3-2-9(18)5-10(11)15/h1-6,18H,7,15H2,(H,16,17,19). The lowest BCUT2D eigenvalue weighted by molar-refractivity contribution is -0.118. The third-order valence-electron chi connectivity index (χ3n) is 2.35. The molecule has 0 aliphatic carbocycles. The van der Waals surface area contributed by atoms with Crippen molar-refractivity contribution in [3.05, 3.63) is 41.6 Å². The van der Waals surface area contributed by atoms with Crippen molar-refractivity contribution in [2.45, 2.75) is 0 Å². The Morgan fingerprint density at radius 2 is 2.20 bits per heavy atom. The molecule has 0 spiro atoms. The lowest BCUT2D eigenvalue weighted by atomic mass is 10.3. The van der Waals surface area contributed by atoms with E-state index < -0.39 is 0 Å². The fourth-order valence-corrected chi connectivity index (χ4v) is 1.55. The summed E-state index contributed by atoms with van der Waals surface area (Å²) in [7, 11) is 0. The van der Waals surface area contributed by atoms with Crippen LogP contribution in [0.2, 0.25) is 5.02 Å². The summed E-state index contributed by atoms with van der Waals surface area (Å²) < 4.78 is 5.25. The molecule has 2 rings (SSSR count). The Bertz CT molecular complexity index is 617. The minimum atomic E-state index is -0.382. The molecule has 1 amide bonds. The number of hydrogen-bond donors (Lipinski definition) is 3. The number of nitrogens with zero attached hydrogens (tertiary/aromatic N) is 1. The number of amides is 1. The number of carbonyl (C=O) groups is 1. The van der Waals surface area contributed by atoms with Crippen LogP contribution in [0.5, 0.6) is 11.5 Å². The fourth-order valence-electron chi connectivity index (χ4n) is 1.44. The number of halogens is 1. The summed E-state index contributed by atoms with van der Waals surface area (Å²) in [5.74, 6) is 0.348. The number of nitrogens with two attached hydrogens (primary N) is 1. The molecule has 0 fully saturated rings. The second kappa shape index (κ2) is 6.12. The summed E-state index contributed by atoms with van der Waals surface area (Å²) in [6, 6.07) is 7.44. The van der Waals surface area contributed by atoms with Crippen molar-refractivity contribution in [3.8, 4) is 11.5 Å². The smallest absolute Gasteiger partial charge is 0.263 e. The molecule has 6 nitrogen and oxygen atoms in total. The lowest BCUT2D eigenvalue weighted by Crippen LogP contribution is -2.21. The molecule has 104 valence electrons. The van der Waals surface area contributed by atoms with Gasteiger partial charge in [0.2, 0.25) is 0 Å². The van der Waals surface area contributed by atoms with Crippen LogP contribution < -0.4 is 15.8 Å². The van der Waals surface area contributed by atoms with Crippen LogP contribution >= 0.6 is 11.6 Å². The monoisotopic (exact) mass is 293 g/mol. The Labute approximate surface area is 120 Å². The van der Waals surface area contributed by atoms with E-state index in [2.05, 4.69) is 10.3 Å². The van der Waals surface area contributed by atoms with Crippen molar-refractivity contribution in [3.63, 3.8) is 0 Å². The molecule has 0 atom stereocenters. The van der Waals surface area contributed by atoms with Crippen molar-refractivity contribution in [2.75, 3.05) is 17.7 Å². The Kier molecular flexibility index (Phi) is 4.27. The second-order valence-corrected chi connectivity index (χ2v) is 4.36. The number of rotatable bonds is 4. The molecule has 0 aliphatic rings. The van der Waals surface area contributed by atoms with Gasteiger partial charge in [0.1, 0.15) is 17.3 Å². The predicted octanol–water partition coefficient (Wildman–Crippen LogP) is 2.04. The lowest BCUT2D eigenvalue weighted by Gasteiger charge is -2.09. The van der Waals surface area contributed by atoms with Gasteiger partial charge in [0.15, 0.2) is 6.61 Å². The SMILES string of the molecule is Nc1cc(O)ccc1OCC(=O)Nc1ccc(Cl)cn1. The van der Waals surface area contributed by atoms with E-state index in [4.69, 9.17) is 22.1 Å². The minimum absolute atomic E-state index is 0.0321. The van der Waals surface area contributed by atoms with E-state index in [9.17, 15) is 9.90 Å². The van der Waals surface area contributed by atoms with Gasteiger partial charge in [-0.25, -0.2) is 4.98 Å². The van der Waals surface area contributed by atoms with Crippen LogP contribution in [0.3, 0.4) is 0 Å². The number of benzene rings is 1. The number of nitrogen functional groups attached to an aromatic ring is 1. The first-order valence-electron chi connectivity index (χ1n) is 5.67. The van der Waals surface area contributed by atoms with Gasteiger partial charge in [-0.05, 0) is 24.3 Å². The molecule has 0 saturated heterocycles. The fraction of sp³-hybridized carbons (Fsp3) is 0.0769. The predicted molar refractivity (Wildman–Crippen MR) is 75.9 cm³/mol. The molecule has 0 aliphatic heterocycles. The molecule has 0 saturated carbocycles. The van der Waals surface area contributed by atoms with Crippen molar-refractivity contribution in [2.24, 2.45) is 0 Å². The zero-order valence-electron chi connectivity index (χ0n) is 10.3. The van der Waals surface area contributed by atoms with Crippen LogP contribution in [0.1, 0.15) is 0 Å². The highest BCUT2D eigenvalue weighted by atomic mass is 35.5. The van der Waals surface area contributed by atoms with Gasteiger partial charge in [0.05, 0.1) is 10.7 Å². The zero-order valence-corrected chi connectivity index (χ0v) is 11.1. The van der Waals surface area contributed by atoms with Crippen LogP contribution in [0.4, 0.5) is 11.5 Å². The average Bonchev–Trinajstić information content (AvgIpc) is 2.40. The molecule has 0 radical (unpaired) electrons. The van der Waals surface area contributed by atoms with E-state index in [-0.39, 0.29) is 24.0 Å². The quantitative estimate of drug-likeness (QED) is 0.749. The number of carbonyl (C=O) groups excluding carboxylic acids is 1. The second-order valence-electron chi connectivity index (χ2n) is 3.92. The highest BCUT2D eigenvalue weighted by Gasteiger charge is 2.07. The van der Waals surface area contributed by atoms with Gasteiger partial charge in [-0.1, -0.05) is 11.6 Å². The first kappa shape index (κ1) is 14.0. The maximum atomic E-state index is 11.6. The number of anilines is 2. The van der Waals surface area contributed by atoms with Gasteiger partial charge in [-0.15, -0.1) is 0 Å². The van der Waals surface area contributed by atoms with Crippen molar-refractivity contribution >= 4 is 29.0 Å². The van der Waals surface area contributed by atoms with E-state index in [1.807, 2.05) is 0 Å². The minimum Gasteiger partial charge on any atom is -0.508 e. The van der Waals surface area contributed by atoms with E-state index in [0.29, 0.717) is 16.6 Å². The molecule has 7 heteroatoms. The number of hydrogen-bond acceptors (Lipinski definition) is 5. The van der Waals surface area contributed by atoms with Crippen molar-refractivity contribution in [1.82, 2.24) is 4.98 Å². The Balaban J connectivity index is 1.90. The summed E-state index contributed by atoms with van der Waals surface area (Å²) in [6.45, 7) is -0.223. The summed E-state index contributed by atoms with van der Waals surface area (Å²) in [5.41, 5.74) is 5.89.